The average molecular weight is 346 g/mol. The van der Waals surface area contributed by atoms with Crippen LogP contribution in [-0.4, -0.2) is 48.0 Å². The van der Waals surface area contributed by atoms with Crippen LogP contribution in [0.15, 0.2) is 35.5 Å². The van der Waals surface area contributed by atoms with E-state index in [1.807, 2.05) is 37.1 Å². The highest BCUT2D eigenvalue weighted by atomic mass is 32.1. The van der Waals surface area contributed by atoms with Gasteiger partial charge in [0.05, 0.1) is 12.4 Å². The van der Waals surface area contributed by atoms with E-state index in [9.17, 15) is 4.79 Å². The van der Waals surface area contributed by atoms with Gasteiger partial charge in [0, 0.05) is 39.0 Å². The molecule has 0 atom stereocenters. The van der Waals surface area contributed by atoms with Crippen LogP contribution in [0, 0.1) is 6.92 Å². The van der Waals surface area contributed by atoms with Crippen LogP contribution in [0.5, 0.6) is 11.6 Å². The number of hydrogen-bond acceptors (Lipinski definition) is 6. The molecule has 2 aromatic rings. The van der Waals surface area contributed by atoms with Crippen molar-refractivity contribution in [1.82, 2.24) is 14.9 Å². The standard InChI is InChI=1S/C17H22N4O2S/c1-12-5-6-14(15(24)9-12)23-17-11-18-10-16(19-17)21(4)8-7-20(3)13(2)22/h5-6,9-11,24H,7-8H2,1-4H3. The number of carbonyl (C=O) groups is 1. The van der Waals surface area contributed by atoms with E-state index in [1.54, 1.807) is 31.3 Å². The molecule has 128 valence electrons. The van der Waals surface area contributed by atoms with Crippen molar-refractivity contribution in [3.05, 3.63) is 36.2 Å². The number of hydrogen-bond donors (Lipinski definition) is 1. The van der Waals surface area contributed by atoms with Gasteiger partial charge in [-0.1, -0.05) is 6.07 Å². The fraction of sp³-hybridized carbons (Fsp3) is 0.353. The van der Waals surface area contributed by atoms with Crippen LogP contribution in [0.1, 0.15) is 12.5 Å². The molecule has 0 unspecified atom stereocenters. The van der Waals surface area contributed by atoms with Crippen molar-refractivity contribution in [3.63, 3.8) is 0 Å². The van der Waals surface area contributed by atoms with E-state index in [4.69, 9.17) is 4.74 Å². The number of nitrogens with zero attached hydrogens (tertiary/aromatic N) is 4. The Balaban J connectivity index is 2.06. The molecule has 1 heterocycles. The second-order valence-corrected chi connectivity index (χ2v) is 6.13. The van der Waals surface area contributed by atoms with Crippen molar-refractivity contribution in [3.8, 4) is 11.6 Å². The quantitative estimate of drug-likeness (QED) is 0.815. The zero-order valence-corrected chi connectivity index (χ0v) is 15.2. The Labute approximate surface area is 147 Å². The fourth-order valence-corrected chi connectivity index (χ4v) is 2.29. The maximum absolute atomic E-state index is 11.3. The van der Waals surface area contributed by atoms with Crippen molar-refractivity contribution in [1.29, 1.82) is 0 Å². The molecule has 6 nitrogen and oxygen atoms in total. The van der Waals surface area contributed by atoms with E-state index in [0.717, 1.165) is 10.5 Å². The van der Waals surface area contributed by atoms with Crippen LogP contribution in [-0.2, 0) is 4.79 Å². The van der Waals surface area contributed by atoms with Crippen molar-refractivity contribution in [2.45, 2.75) is 18.7 Å². The minimum absolute atomic E-state index is 0.0345. The average Bonchev–Trinajstić information content (AvgIpc) is 2.55. The van der Waals surface area contributed by atoms with Crippen LogP contribution >= 0.6 is 12.6 Å². The first-order valence-corrected chi connectivity index (χ1v) is 8.04. The highest BCUT2D eigenvalue weighted by Gasteiger charge is 2.09. The summed E-state index contributed by atoms with van der Waals surface area (Å²) in [6, 6.07) is 5.74. The molecule has 0 saturated heterocycles. The van der Waals surface area contributed by atoms with Crippen molar-refractivity contribution < 1.29 is 9.53 Å². The maximum atomic E-state index is 11.3. The molecule has 0 aliphatic rings. The molecule has 0 radical (unpaired) electrons. The van der Waals surface area contributed by atoms with Gasteiger partial charge >= 0.3 is 0 Å². The minimum Gasteiger partial charge on any atom is -0.436 e. The van der Waals surface area contributed by atoms with Crippen molar-refractivity contribution in [2.75, 3.05) is 32.1 Å². The molecule has 0 aliphatic heterocycles. The molecule has 0 aliphatic carbocycles. The fourth-order valence-electron chi connectivity index (χ4n) is 1.97. The number of carbonyl (C=O) groups excluding carboxylic acids is 1. The summed E-state index contributed by atoms with van der Waals surface area (Å²) in [7, 11) is 3.67. The maximum Gasteiger partial charge on any atom is 0.239 e. The first kappa shape index (κ1) is 18.1. The van der Waals surface area contributed by atoms with Crippen LogP contribution in [0.25, 0.3) is 0 Å². The van der Waals surface area contributed by atoms with E-state index >= 15 is 0 Å². The topological polar surface area (TPSA) is 58.6 Å². The Kier molecular flexibility index (Phi) is 6.03. The predicted molar refractivity (Wildman–Crippen MR) is 97.1 cm³/mol. The molecule has 1 amide bonds. The van der Waals surface area contributed by atoms with E-state index in [2.05, 4.69) is 22.6 Å². The Morgan fingerprint density at radius 2 is 2.00 bits per heavy atom. The summed E-state index contributed by atoms with van der Waals surface area (Å²) >= 11 is 4.42. The number of ether oxygens (including phenoxy) is 1. The van der Waals surface area contributed by atoms with Gasteiger partial charge in [-0.05, 0) is 24.6 Å². The van der Waals surface area contributed by atoms with Crippen LogP contribution in [0.4, 0.5) is 5.82 Å². The lowest BCUT2D eigenvalue weighted by Crippen LogP contribution is -2.33. The SMILES string of the molecule is CC(=O)N(C)CCN(C)c1cncc(Oc2ccc(C)cc2S)n1. The molecule has 24 heavy (non-hydrogen) atoms. The molecule has 0 N–H and O–H groups in total. The molecular weight excluding hydrogens is 324 g/mol. The third-order valence-corrected chi connectivity index (χ3v) is 3.98. The number of anilines is 1. The Morgan fingerprint density at radius 1 is 1.25 bits per heavy atom. The molecule has 7 heteroatoms. The molecule has 0 spiro atoms. The number of benzene rings is 1. The highest BCUT2D eigenvalue weighted by Crippen LogP contribution is 2.28. The third kappa shape index (κ3) is 4.86. The van der Waals surface area contributed by atoms with Gasteiger partial charge in [-0.25, -0.2) is 0 Å². The Bertz CT molecular complexity index is 723. The predicted octanol–water partition coefficient (Wildman–Crippen LogP) is 2.78. The van der Waals surface area contributed by atoms with Crippen LogP contribution in [0.2, 0.25) is 0 Å². The largest absolute Gasteiger partial charge is 0.436 e. The molecular formula is C17H22N4O2S. The number of thiol groups is 1. The first-order chi connectivity index (χ1) is 11.4. The smallest absolute Gasteiger partial charge is 0.239 e. The summed E-state index contributed by atoms with van der Waals surface area (Å²) in [6.07, 6.45) is 3.23. The molecule has 0 fully saturated rings. The van der Waals surface area contributed by atoms with Crippen LogP contribution < -0.4 is 9.64 Å². The molecule has 1 aromatic heterocycles. The summed E-state index contributed by atoms with van der Waals surface area (Å²) < 4.78 is 5.78. The lowest BCUT2D eigenvalue weighted by molar-refractivity contribution is -0.127. The summed E-state index contributed by atoms with van der Waals surface area (Å²) in [6.45, 7) is 4.80. The highest BCUT2D eigenvalue weighted by molar-refractivity contribution is 7.80. The lowest BCUT2D eigenvalue weighted by atomic mass is 10.2. The van der Waals surface area contributed by atoms with Gasteiger partial charge in [-0.2, -0.15) is 4.98 Å². The zero-order chi connectivity index (χ0) is 17.7. The lowest BCUT2D eigenvalue weighted by Gasteiger charge is -2.22. The monoisotopic (exact) mass is 346 g/mol. The van der Waals surface area contributed by atoms with Gasteiger partial charge in [0.15, 0.2) is 5.82 Å². The zero-order valence-electron chi connectivity index (χ0n) is 14.4. The second-order valence-electron chi connectivity index (χ2n) is 5.65. The molecule has 2 rings (SSSR count). The summed E-state index contributed by atoms with van der Waals surface area (Å²) in [5, 5.41) is 0. The van der Waals surface area contributed by atoms with E-state index in [1.165, 1.54) is 0 Å². The van der Waals surface area contributed by atoms with Gasteiger partial charge in [0.25, 0.3) is 0 Å². The summed E-state index contributed by atoms with van der Waals surface area (Å²) in [5.74, 6) is 1.75. The van der Waals surface area contributed by atoms with Gasteiger partial charge < -0.3 is 14.5 Å². The van der Waals surface area contributed by atoms with E-state index in [0.29, 0.717) is 30.5 Å². The summed E-state index contributed by atoms with van der Waals surface area (Å²) in [4.78, 5) is 24.2. The normalized spacial score (nSPS) is 10.4. The number of likely N-dealkylation sites (N-methyl/N-ethyl adjacent to an activating group) is 2. The number of aromatic nitrogens is 2. The van der Waals surface area contributed by atoms with Crippen molar-refractivity contribution >= 4 is 24.4 Å². The van der Waals surface area contributed by atoms with Gasteiger partial charge in [0.1, 0.15) is 5.75 Å². The van der Waals surface area contributed by atoms with Gasteiger partial charge in [-0.3, -0.25) is 9.78 Å². The number of rotatable bonds is 6. The minimum atomic E-state index is 0.0345. The first-order valence-electron chi connectivity index (χ1n) is 7.59. The number of aryl methyl sites for hydroxylation is 1. The van der Waals surface area contributed by atoms with E-state index in [-0.39, 0.29) is 5.91 Å². The third-order valence-electron chi connectivity index (χ3n) is 3.63. The Hall–Kier alpha value is -2.28. The van der Waals surface area contributed by atoms with E-state index < -0.39 is 0 Å². The van der Waals surface area contributed by atoms with Gasteiger partial charge in [0.2, 0.25) is 11.8 Å². The number of amides is 1. The molecule has 0 bridgehead atoms. The molecule has 1 aromatic carbocycles. The van der Waals surface area contributed by atoms with Crippen molar-refractivity contribution in [2.24, 2.45) is 0 Å². The van der Waals surface area contributed by atoms with Crippen LogP contribution in [0.3, 0.4) is 0 Å². The molecule has 0 saturated carbocycles. The summed E-state index contributed by atoms with van der Waals surface area (Å²) in [5.41, 5.74) is 1.11. The second kappa shape index (κ2) is 8.01. The Morgan fingerprint density at radius 3 is 2.67 bits per heavy atom. The van der Waals surface area contributed by atoms with Gasteiger partial charge in [-0.15, -0.1) is 12.6 Å².